The maximum Gasteiger partial charge on any atom is 0.573 e. The molecule has 136 valence electrons. The van der Waals surface area contributed by atoms with Gasteiger partial charge in [0.25, 0.3) is 0 Å². The maximum absolute atomic E-state index is 12.1. The number of oxazole rings is 1. The Morgan fingerprint density at radius 1 is 1.04 bits per heavy atom. The molecule has 4 nitrogen and oxygen atoms in total. The van der Waals surface area contributed by atoms with Crippen molar-refractivity contribution < 1.29 is 22.3 Å². The second kappa shape index (κ2) is 7.61. The first-order chi connectivity index (χ1) is 12.4. The first kappa shape index (κ1) is 18.0. The quantitative estimate of drug-likeness (QED) is 0.682. The van der Waals surface area contributed by atoms with Crippen molar-refractivity contribution in [3.63, 3.8) is 0 Å². The van der Waals surface area contributed by atoms with Gasteiger partial charge in [-0.2, -0.15) is 0 Å². The smallest absolute Gasteiger partial charge is 0.444 e. The predicted molar refractivity (Wildman–Crippen MR) is 90.3 cm³/mol. The van der Waals surface area contributed by atoms with E-state index >= 15 is 0 Å². The van der Waals surface area contributed by atoms with Crippen LogP contribution in [0.15, 0.2) is 59.2 Å². The van der Waals surface area contributed by atoms with Crippen LogP contribution in [0.25, 0.3) is 11.5 Å². The number of aromatic nitrogens is 1. The summed E-state index contributed by atoms with van der Waals surface area (Å²) in [7, 11) is 0. The second-order valence-electron chi connectivity index (χ2n) is 5.75. The first-order valence-corrected chi connectivity index (χ1v) is 7.96. The summed E-state index contributed by atoms with van der Waals surface area (Å²) in [6.45, 7) is 2.96. The molecule has 0 aliphatic carbocycles. The number of rotatable bonds is 6. The van der Waals surface area contributed by atoms with E-state index in [9.17, 15) is 13.2 Å². The van der Waals surface area contributed by atoms with Crippen LogP contribution >= 0.6 is 0 Å². The Labute approximate surface area is 148 Å². The summed E-state index contributed by atoms with van der Waals surface area (Å²) in [6, 6.07) is 13.6. The molecule has 3 rings (SSSR count). The molecule has 0 unspecified atom stereocenters. The van der Waals surface area contributed by atoms with E-state index in [0.29, 0.717) is 19.0 Å². The Hall–Kier alpha value is -2.80. The zero-order chi connectivity index (χ0) is 18.6. The molecular formula is C19H17F3N2O2. The Morgan fingerprint density at radius 3 is 2.46 bits per heavy atom. The molecule has 0 saturated carbocycles. The minimum absolute atomic E-state index is 0.236. The summed E-state index contributed by atoms with van der Waals surface area (Å²) >= 11 is 0. The van der Waals surface area contributed by atoms with E-state index < -0.39 is 6.36 Å². The van der Waals surface area contributed by atoms with E-state index in [-0.39, 0.29) is 5.75 Å². The van der Waals surface area contributed by atoms with Gasteiger partial charge in [-0.3, -0.25) is 0 Å². The van der Waals surface area contributed by atoms with Gasteiger partial charge in [-0.1, -0.05) is 30.3 Å². The average Bonchev–Trinajstić information content (AvgIpc) is 3.04. The zero-order valence-electron chi connectivity index (χ0n) is 14.0. The van der Waals surface area contributed by atoms with Crippen molar-refractivity contribution in [2.45, 2.75) is 26.4 Å². The van der Waals surface area contributed by atoms with E-state index in [4.69, 9.17) is 4.42 Å². The number of ether oxygens (including phenoxy) is 1. The fraction of sp³-hybridized carbons (Fsp3) is 0.211. The van der Waals surface area contributed by atoms with Crippen LogP contribution in [-0.4, -0.2) is 11.3 Å². The van der Waals surface area contributed by atoms with Gasteiger partial charge in [-0.25, -0.2) is 4.98 Å². The van der Waals surface area contributed by atoms with Gasteiger partial charge in [0.1, 0.15) is 12.0 Å². The molecule has 0 fully saturated rings. The molecule has 0 saturated heterocycles. The Bertz CT molecular complexity index is 858. The molecule has 7 heteroatoms. The number of nitrogens with zero attached hydrogens (tertiary/aromatic N) is 1. The molecule has 0 amide bonds. The Kier molecular flexibility index (Phi) is 5.27. The van der Waals surface area contributed by atoms with E-state index in [2.05, 4.69) is 15.0 Å². The van der Waals surface area contributed by atoms with Crippen molar-refractivity contribution in [2.24, 2.45) is 0 Å². The largest absolute Gasteiger partial charge is 0.573 e. The summed E-state index contributed by atoms with van der Waals surface area (Å²) in [4.78, 5) is 4.45. The molecule has 0 aliphatic heterocycles. The molecule has 1 N–H and O–H groups in total. The lowest BCUT2D eigenvalue weighted by Crippen LogP contribution is -2.17. The highest BCUT2D eigenvalue weighted by Crippen LogP contribution is 2.23. The summed E-state index contributed by atoms with van der Waals surface area (Å²) in [5.74, 6) is 0.328. The number of alkyl halides is 3. The fourth-order valence-corrected chi connectivity index (χ4v) is 2.47. The van der Waals surface area contributed by atoms with Crippen molar-refractivity contribution in [3.8, 4) is 17.2 Å². The third-order valence-corrected chi connectivity index (χ3v) is 3.72. The van der Waals surface area contributed by atoms with Gasteiger partial charge in [-0.15, -0.1) is 13.2 Å². The topological polar surface area (TPSA) is 47.3 Å². The van der Waals surface area contributed by atoms with Crippen LogP contribution in [0.2, 0.25) is 0 Å². The Balaban J connectivity index is 1.53. The standard InChI is InChI=1S/C19H17F3N2O2/c1-13-4-2-3-5-17(13)18-24-15(12-25-18)11-23-10-14-6-8-16(9-7-14)26-19(20,21)22/h2-9,12,23H,10-11H2,1H3. The van der Waals surface area contributed by atoms with Crippen molar-refractivity contribution in [1.82, 2.24) is 10.3 Å². The van der Waals surface area contributed by atoms with Crippen LogP contribution in [-0.2, 0) is 13.1 Å². The minimum atomic E-state index is -4.68. The van der Waals surface area contributed by atoms with Gasteiger partial charge in [-0.05, 0) is 36.2 Å². The van der Waals surface area contributed by atoms with Gasteiger partial charge in [0.15, 0.2) is 0 Å². The van der Waals surface area contributed by atoms with E-state index in [1.54, 1.807) is 18.4 Å². The lowest BCUT2D eigenvalue weighted by Gasteiger charge is -2.09. The highest BCUT2D eigenvalue weighted by molar-refractivity contribution is 5.58. The summed E-state index contributed by atoms with van der Waals surface area (Å²) in [6.07, 6.45) is -3.09. The highest BCUT2D eigenvalue weighted by atomic mass is 19.4. The normalized spacial score (nSPS) is 11.5. The molecule has 2 aromatic carbocycles. The molecule has 0 radical (unpaired) electrons. The van der Waals surface area contributed by atoms with Crippen molar-refractivity contribution in [2.75, 3.05) is 0 Å². The predicted octanol–water partition coefficient (Wildman–Crippen LogP) is 4.84. The summed E-state index contributed by atoms with van der Waals surface area (Å²) < 4.78 is 45.8. The van der Waals surface area contributed by atoms with Crippen molar-refractivity contribution in [3.05, 3.63) is 71.6 Å². The number of aryl methyl sites for hydroxylation is 1. The Morgan fingerprint density at radius 2 is 1.77 bits per heavy atom. The lowest BCUT2D eigenvalue weighted by molar-refractivity contribution is -0.274. The van der Waals surface area contributed by atoms with Gasteiger partial charge >= 0.3 is 6.36 Å². The SMILES string of the molecule is Cc1ccccc1-c1nc(CNCc2ccc(OC(F)(F)F)cc2)co1. The average molecular weight is 362 g/mol. The number of hydrogen-bond acceptors (Lipinski definition) is 4. The summed E-state index contributed by atoms with van der Waals surface area (Å²) in [5, 5.41) is 3.18. The van der Waals surface area contributed by atoms with E-state index in [1.165, 1.54) is 12.1 Å². The number of halogens is 3. The highest BCUT2D eigenvalue weighted by Gasteiger charge is 2.30. The van der Waals surface area contributed by atoms with Crippen LogP contribution in [0.5, 0.6) is 5.75 Å². The molecule has 26 heavy (non-hydrogen) atoms. The molecule has 1 aromatic heterocycles. The van der Waals surface area contributed by atoms with Crippen LogP contribution in [0.3, 0.4) is 0 Å². The van der Waals surface area contributed by atoms with Gasteiger partial charge < -0.3 is 14.5 Å². The number of nitrogens with one attached hydrogen (secondary N) is 1. The minimum Gasteiger partial charge on any atom is -0.444 e. The molecule has 0 aliphatic rings. The van der Waals surface area contributed by atoms with Crippen molar-refractivity contribution >= 4 is 0 Å². The van der Waals surface area contributed by atoms with E-state index in [0.717, 1.165) is 22.4 Å². The van der Waals surface area contributed by atoms with Crippen LogP contribution < -0.4 is 10.1 Å². The van der Waals surface area contributed by atoms with Gasteiger partial charge in [0.2, 0.25) is 5.89 Å². The van der Waals surface area contributed by atoms with Gasteiger partial charge in [0, 0.05) is 18.7 Å². The van der Waals surface area contributed by atoms with Crippen LogP contribution in [0, 0.1) is 6.92 Å². The lowest BCUT2D eigenvalue weighted by atomic mass is 10.1. The third-order valence-electron chi connectivity index (χ3n) is 3.72. The number of benzene rings is 2. The molecule has 0 bridgehead atoms. The molecule has 1 heterocycles. The second-order valence-corrected chi connectivity index (χ2v) is 5.75. The zero-order valence-corrected chi connectivity index (χ0v) is 14.0. The molecule has 0 spiro atoms. The van der Waals surface area contributed by atoms with Crippen molar-refractivity contribution in [1.29, 1.82) is 0 Å². The van der Waals surface area contributed by atoms with Crippen LogP contribution in [0.1, 0.15) is 16.8 Å². The first-order valence-electron chi connectivity index (χ1n) is 7.96. The molecule has 0 atom stereocenters. The fourth-order valence-electron chi connectivity index (χ4n) is 2.47. The monoisotopic (exact) mass is 362 g/mol. The van der Waals surface area contributed by atoms with Gasteiger partial charge in [0.05, 0.1) is 5.69 Å². The maximum atomic E-state index is 12.1. The number of hydrogen-bond donors (Lipinski definition) is 1. The molecular weight excluding hydrogens is 345 g/mol. The molecule has 3 aromatic rings. The summed E-state index contributed by atoms with van der Waals surface area (Å²) in [5.41, 5.74) is 3.61. The van der Waals surface area contributed by atoms with E-state index in [1.807, 2.05) is 31.2 Å². The third kappa shape index (κ3) is 4.86. The van der Waals surface area contributed by atoms with Crippen LogP contribution in [0.4, 0.5) is 13.2 Å².